The molecule has 2 aromatic rings. The van der Waals surface area contributed by atoms with E-state index < -0.39 is 0 Å². The van der Waals surface area contributed by atoms with Crippen LogP contribution in [0.2, 0.25) is 0 Å². The minimum absolute atomic E-state index is 0.477. The third-order valence-corrected chi connectivity index (χ3v) is 3.04. The van der Waals surface area contributed by atoms with Gasteiger partial charge in [-0.1, -0.05) is 18.2 Å². The highest BCUT2D eigenvalue weighted by atomic mass is 16.5. The number of methoxy groups -OCH3 is 1. The van der Waals surface area contributed by atoms with Crippen LogP contribution in [0.25, 0.3) is 0 Å². The number of benzene rings is 1. The third kappa shape index (κ3) is 3.96. The first-order chi connectivity index (χ1) is 9.69. The summed E-state index contributed by atoms with van der Waals surface area (Å²) < 4.78 is 10.9. The summed E-state index contributed by atoms with van der Waals surface area (Å²) in [6, 6.07) is 11.6. The van der Waals surface area contributed by atoms with Gasteiger partial charge in [0, 0.05) is 23.5 Å². The zero-order valence-corrected chi connectivity index (χ0v) is 11.9. The van der Waals surface area contributed by atoms with Crippen LogP contribution in [0.15, 0.2) is 36.4 Å². The molecule has 1 aromatic carbocycles. The summed E-state index contributed by atoms with van der Waals surface area (Å²) in [5, 5.41) is 0. The standard InChI is InChI=1S/C16H20N2O2/c1-12-9-15(19-2)10-14(18-12)11-20-8-7-13-5-3-4-6-16(13)17/h3-6,9-10H,7-8,11,17H2,1-2H3. The largest absolute Gasteiger partial charge is 0.497 e. The normalized spacial score (nSPS) is 10.5. The molecule has 0 aliphatic heterocycles. The van der Waals surface area contributed by atoms with Crippen LogP contribution in [-0.2, 0) is 17.8 Å². The number of hydrogen-bond donors (Lipinski definition) is 1. The Labute approximate surface area is 119 Å². The fourth-order valence-electron chi connectivity index (χ4n) is 2.02. The van der Waals surface area contributed by atoms with Crippen LogP contribution in [0.4, 0.5) is 5.69 Å². The molecular weight excluding hydrogens is 252 g/mol. The van der Waals surface area contributed by atoms with Gasteiger partial charge in [0.25, 0.3) is 0 Å². The van der Waals surface area contributed by atoms with E-state index in [0.29, 0.717) is 13.2 Å². The van der Waals surface area contributed by atoms with Gasteiger partial charge in [-0.2, -0.15) is 0 Å². The number of nitrogens with two attached hydrogens (primary N) is 1. The molecule has 20 heavy (non-hydrogen) atoms. The zero-order chi connectivity index (χ0) is 14.4. The lowest BCUT2D eigenvalue weighted by Crippen LogP contribution is -2.03. The Balaban J connectivity index is 1.84. The SMILES string of the molecule is COc1cc(C)nc(COCCc2ccccc2N)c1. The van der Waals surface area contributed by atoms with Crippen molar-refractivity contribution in [3.8, 4) is 5.75 Å². The van der Waals surface area contributed by atoms with E-state index in [2.05, 4.69) is 4.98 Å². The number of nitrogen functional groups attached to an aromatic ring is 1. The molecule has 0 unspecified atom stereocenters. The van der Waals surface area contributed by atoms with Gasteiger partial charge in [0.05, 0.1) is 26.0 Å². The third-order valence-electron chi connectivity index (χ3n) is 3.04. The maximum absolute atomic E-state index is 5.89. The van der Waals surface area contributed by atoms with E-state index in [1.54, 1.807) is 7.11 Å². The first kappa shape index (κ1) is 14.3. The Hall–Kier alpha value is -2.07. The van der Waals surface area contributed by atoms with E-state index in [9.17, 15) is 0 Å². The van der Waals surface area contributed by atoms with Crippen molar-refractivity contribution in [3.63, 3.8) is 0 Å². The Bertz CT molecular complexity index is 570. The molecule has 4 heteroatoms. The number of rotatable bonds is 6. The van der Waals surface area contributed by atoms with Gasteiger partial charge in [-0.05, 0) is 25.0 Å². The second-order valence-electron chi connectivity index (χ2n) is 4.64. The van der Waals surface area contributed by atoms with E-state index in [-0.39, 0.29) is 0 Å². The molecule has 0 bridgehead atoms. The average Bonchev–Trinajstić information content (AvgIpc) is 2.44. The van der Waals surface area contributed by atoms with Gasteiger partial charge in [0.1, 0.15) is 5.75 Å². The molecule has 0 radical (unpaired) electrons. The summed E-state index contributed by atoms with van der Waals surface area (Å²) >= 11 is 0. The molecule has 0 saturated carbocycles. The van der Waals surface area contributed by atoms with Gasteiger partial charge in [-0.15, -0.1) is 0 Å². The van der Waals surface area contributed by atoms with Crippen LogP contribution >= 0.6 is 0 Å². The van der Waals surface area contributed by atoms with E-state index in [1.165, 1.54) is 0 Å². The van der Waals surface area contributed by atoms with Gasteiger partial charge in [0.2, 0.25) is 0 Å². The van der Waals surface area contributed by atoms with Gasteiger partial charge < -0.3 is 15.2 Å². The molecule has 0 fully saturated rings. The van der Waals surface area contributed by atoms with Crippen molar-refractivity contribution in [2.45, 2.75) is 20.0 Å². The number of aromatic nitrogens is 1. The molecule has 0 spiro atoms. The summed E-state index contributed by atoms with van der Waals surface area (Å²) in [6.07, 6.45) is 0.801. The minimum atomic E-state index is 0.477. The molecule has 4 nitrogen and oxygen atoms in total. The summed E-state index contributed by atoms with van der Waals surface area (Å²) in [5.74, 6) is 0.809. The van der Waals surface area contributed by atoms with Crippen LogP contribution < -0.4 is 10.5 Å². The van der Waals surface area contributed by atoms with Crippen molar-refractivity contribution in [3.05, 3.63) is 53.3 Å². The maximum Gasteiger partial charge on any atom is 0.122 e. The minimum Gasteiger partial charge on any atom is -0.497 e. The van der Waals surface area contributed by atoms with Crippen LogP contribution in [0.1, 0.15) is 17.0 Å². The number of anilines is 1. The quantitative estimate of drug-likeness (QED) is 0.649. The van der Waals surface area contributed by atoms with Gasteiger partial charge in [0.15, 0.2) is 0 Å². The molecule has 0 saturated heterocycles. The second-order valence-corrected chi connectivity index (χ2v) is 4.64. The lowest BCUT2D eigenvalue weighted by atomic mass is 10.1. The number of aryl methyl sites for hydroxylation is 1. The van der Waals surface area contributed by atoms with E-state index in [0.717, 1.165) is 34.8 Å². The topological polar surface area (TPSA) is 57.4 Å². The Morgan fingerprint density at radius 2 is 2.00 bits per heavy atom. The molecule has 0 atom stereocenters. The monoisotopic (exact) mass is 272 g/mol. The number of nitrogens with zero attached hydrogens (tertiary/aromatic N) is 1. The van der Waals surface area contributed by atoms with Crippen LogP contribution in [0.5, 0.6) is 5.75 Å². The molecular formula is C16H20N2O2. The van der Waals surface area contributed by atoms with Crippen molar-refractivity contribution in [1.82, 2.24) is 4.98 Å². The van der Waals surface area contributed by atoms with Gasteiger partial charge >= 0.3 is 0 Å². The average molecular weight is 272 g/mol. The van der Waals surface area contributed by atoms with Gasteiger partial charge in [-0.25, -0.2) is 0 Å². The lowest BCUT2D eigenvalue weighted by molar-refractivity contribution is 0.121. The smallest absolute Gasteiger partial charge is 0.122 e. The Morgan fingerprint density at radius 1 is 1.20 bits per heavy atom. The summed E-state index contributed by atoms with van der Waals surface area (Å²) in [4.78, 5) is 4.41. The fraction of sp³-hybridized carbons (Fsp3) is 0.312. The lowest BCUT2D eigenvalue weighted by Gasteiger charge is -2.08. The first-order valence-electron chi connectivity index (χ1n) is 6.61. The highest BCUT2D eigenvalue weighted by Crippen LogP contribution is 2.15. The van der Waals surface area contributed by atoms with Gasteiger partial charge in [-0.3, -0.25) is 4.98 Å². The predicted molar refractivity (Wildman–Crippen MR) is 79.7 cm³/mol. The van der Waals surface area contributed by atoms with Crippen molar-refractivity contribution in [2.24, 2.45) is 0 Å². The van der Waals surface area contributed by atoms with Crippen LogP contribution in [0, 0.1) is 6.92 Å². The van der Waals surface area contributed by atoms with Crippen molar-refractivity contribution in [1.29, 1.82) is 0 Å². The molecule has 2 N–H and O–H groups in total. The summed E-state index contributed by atoms with van der Waals surface area (Å²) in [6.45, 7) is 3.04. The fourth-order valence-corrected chi connectivity index (χ4v) is 2.02. The molecule has 0 aliphatic rings. The molecule has 1 heterocycles. The Kier molecular flexibility index (Phi) is 4.96. The molecule has 106 valence electrons. The van der Waals surface area contributed by atoms with E-state index in [1.807, 2.05) is 43.3 Å². The highest BCUT2D eigenvalue weighted by Gasteiger charge is 2.02. The predicted octanol–water partition coefficient (Wildman–Crippen LogP) is 2.74. The van der Waals surface area contributed by atoms with Crippen LogP contribution in [-0.4, -0.2) is 18.7 Å². The number of ether oxygens (including phenoxy) is 2. The van der Waals surface area contributed by atoms with Crippen molar-refractivity contribution >= 4 is 5.69 Å². The Morgan fingerprint density at radius 3 is 2.75 bits per heavy atom. The van der Waals surface area contributed by atoms with Crippen molar-refractivity contribution in [2.75, 3.05) is 19.5 Å². The van der Waals surface area contributed by atoms with E-state index in [4.69, 9.17) is 15.2 Å². The molecule has 0 aliphatic carbocycles. The second kappa shape index (κ2) is 6.91. The number of pyridine rings is 1. The maximum atomic E-state index is 5.89. The van der Waals surface area contributed by atoms with Crippen molar-refractivity contribution < 1.29 is 9.47 Å². The number of para-hydroxylation sites is 1. The molecule has 0 amide bonds. The van der Waals surface area contributed by atoms with E-state index >= 15 is 0 Å². The summed E-state index contributed by atoms with van der Waals surface area (Å²) in [5.41, 5.74) is 9.62. The highest BCUT2D eigenvalue weighted by molar-refractivity contribution is 5.46. The molecule has 2 rings (SSSR count). The first-order valence-corrected chi connectivity index (χ1v) is 6.61. The zero-order valence-electron chi connectivity index (χ0n) is 11.9. The molecule has 1 aromatic heterocycles. The summed E-state index contributed by atoms with van der Waals surface area (Å²) in [7, 11) is 1.65. The van der Waals surface area contributed by atoms with Crippen LogP contribution in [0.3, 0.4) is 0 Å². The number of hydrogen-bond acceptors (Lipinski definition) is 4.